The molecule has 18 heavy (non-hydrogen) atoms. The quantitative estimate of drug-likeness (QED) is 0.810. The topological polar surface area (TPSA) is 95.2 Å². The zero-order chi connectivity index (χ0) is 13.8. The summed E-state index contributed by atoms with van der Waals surface area (Å²) in [5.41, 5.74) is 1.37. The molecule has 1 atom stereocenters. The highest BCUT2D eigenvalue weighted by Gasteiger charge is 2.23. The Morgan fingerprint density at radius 1 is 1.33 bits per heavy atom. The van der Waals surface area contributed by atoms with Gasteiger partial charge in [0.25, 0.3) is 0 Å². The van der Waals surface area contributed by atoms with Gasteiger partial charge in [0, 0.05) is 18.8 Å². The van der Waals surface area contributed by atoms with E-state index < -0.39 is 15.3 Å². The summed E-state index contributed by atoms with van der Waals surface area (Å²) in [6.45, 7) is 5.56. The first-order chi connectivity index (χ1) is 8.29. The van der Waals surface area contributed by atoms with Crippen molar-refractivity contribution < 1.29 is 13.2 Å². The molecule has 1 aromatic rings. The maximum atomic E-state index is 11.5. The van der Waals surface area contributed by atoms with Crippen LogP contribution in [0.4, 0.5) is 0 Å². The minimum Gasteiger partial charge on any atom is -0.377 e. The van der Waals surface area contributed by atoms with Gasteiger partial charge in [-0.1, -0.05) is 0 Å². The molecular formula is C11H19N3O3S. The van der Waals surface area contributed by atoms with Gasteiger partial charge in [-0.2, -0.15) is 0 Å². The van der Waals surface area contributed by atoms with Gasteiger partial charge in [-0.15, -0.1) is 0 Å². The lowest BCUT2D eigenvalue weighted by molar-refractivity contribution is 0.0785. The van der Waals surface area contributed by atoms with Gasteiger partial charge in [-0.05, 0) is 20.8 Å². The Balaban J connectivity index is 2.75. The first kappa shape index (κ1) is 15.0. The summed E-state index contributed by atoms with van der Waals surface area (Å²) in [5, 5.41) is 4.39. The Hall–Kier alpha value is -1.05. The lowest BCUT2D eigenvalue weighted by atomic mass is 10.2. The normalized spacial score (nSPS) is 13.8. The third-order valence-corrected chi connectivity index (χ3v) is 3.58. The summed E-state index contributed by atoms with van der Waals surface area (Å²) in [7, 11) is -3.66. The van der Waals surface area contributed by atoms with Crippen LogP contribution in [0.5, 0.6) is 0 Å². The molecular weight excluding hydrogens is 254 g/mol. The molecule has 7 heteroatoms. The Morgan fingerprint density at radius 2 is 2.00 bits per heavy atom. The molecule has 0 spiro atoms. The van der Waals surface area contributed by atoms with Gasteiger partial charge >= 0.3 is 0 Å². The van der Waals surface area contributed by atoms with E-state index in [1.54, 1.807) is 12.4 Å². The maximum Gasteiger partial charge on any atom is 0.214 e. The molecule has 1 aromatic heterocycles. The van der Waals surface area contributed by atoms with Gasteiger partial charge < -0.3 is 4.74 Å². The highest BCUT2D eigenvalue weighted by atomic mass is 32.2. The van der Waals surface area contributed by atoms with Crippen LogP contribution in [-0.4, -0.2) is 36.3 Å². The summed E-state index contributed by atoms with van der Waals surface area (Å²) in [4.78, 5) is 8.19. The van der Waals surface area contributed by atoms with Gasteiger partial charge in [-0.25, -0.2) is 13.6 Å². The van der Waals surface area contributed by atoms with Crippen molar-refractivity contribution in [3.8, 4) is 0 Å². The molecule has 0 radical (unpaired) electrons. The molecule has 102 valence electrons. The number of aryl methyl sites for hydroxylation is 1. The van der Waals surface area contributed by atoms with Crippen molar-refractivity contribution in [3.05, 3.63) is 23.8 Å². The standard InChI is InChI=1S/C11H19N3O3S/c1-8(2)17-7-11(18(12,15)16)4-10-6-13-9(3)5-14-10/h5-6,8,11H,4,7H2,1-3H3,(H2,12,15,16)/t11-/m0/s1. The van der Waals surface area contributed by atoms with E-state index in [0.29, 0.717) is 5.69 Å². The zero-order valence-electron chi connectivity index (χ0n) is 10.8. The van der Waals surface area contributed by atoms with Crippen molar-refractivity contribution in [2.24, 2.45) is 5.14 Å². The summed E-state index contributed by atoms with van der Waals surface area (Å²) >= 11 is 0. The van der Waals surface area contributed by atoms with Crippen LogP contribution in [-0.2, 0) is 21.2 Å². The van der Waals surface area contributed by atoms with Gasteiger partial charge in [0.05, 0.1) is 24.1 Å². The molecule has 2 N–H and O–H groups in total. The second-order valence-corrected chi connectivity index (χ2v) is 6.29. The summed E-state index contributed by atoms with van der Waals surface area (Å²) < 4.78 is 28.2. The SMILES string of the molecule is Cc1cnc(C[C@@H](COC(C)C)S(N)(=O)=O)cn1. The monoisotopic (exact) mass is 273 g/mol. The molecule has 0 fully saturated rings. The molecule has 0 aliphatic heterocycles. The number of ether oxygens (including phenoxy) is 1. The fourth-order valence-electron chi connectivity index (χ4n) is 1.33. The van der Waals surface area contributed by atoms with Crippen LogP contribution < -0.4 is 5.14 Å². The van der Waals surface area contributed by atoms with E-state index >= 15 is 0 Å². The number of hydrogen-bond donors (Lipinski definition) is 1. The van der Waals surface area contributed by atoms with Crippen molar-refractivity contribution in [2.75, 3.05) is 6.61 Å². The van der Waals surface area contributed by atoms with Gasteiger partial charge in [0.15, 0.2) is 0 Å². The second kappa shape index (κ2) is 6.21. The Kier molecular flexibility index (Phi) is 5.18. The molecule has 0 unspecified atom stereocenters. The fourth-order valence-corrected chi connectivity index (χ4v) is 2.00. The fraction of sp³-hybridized carbons (Fsp3) is 0.636. The highest BCUT2D eigenvalue weighted by Crippen LogP contribution is 2.07. The van der Waals surface area contributed by atoms with Gasteiger partial charge in [0.1, 0.15) is 5.25 Å². The molecule has 0 saturated heterocycles. The van der Waals surface area contributed by atoms with Crippen molar-refractivity contribution in [1.82, 2.24) is 9.97 Å². The lowest BCUT2D eigenvalue weighted by Crippen LogP contribution is -2.35. The van der Waals surface area contributed by atoms with E-state index in [0.717, 1.165) is 5.69 Å². The van der Waals surface area contributed by atoms with Crippen molar-refractivity contribution >= 4 is 10.0 Å². The molecule has 0 aromatic carbocycles. The zero-order valence-corrected chi connectivity index (χ0v) is 11.6. The third kappa shape index (κ3) is 5.07. The third-order valence-electron chi connectivity index (χ3n) is 2.35. The molecule has 1 rings (SSSR count). The average Bonchev–Trinajstić information content (AvgIpc) is 2.24. The average molecular weight is 273 g/mol. The lowest BCUT2D eigenvalue weighted by Gasteiger charge is -2.16. The van der Waals surface area contributed by atoms with E-state index in [-0.39, 0.29) is 19.1 Å². The van der Waals surface area contributed by atoms with Crippen LogP contribution in [0.2, 0.25) is 0 Å². The van der Waals surface area contributed by atoms with Crippen LogP contribution in [0.3, 0.4) is 0 Å². The molecule has 0 aliphatic rings. The summed E-state index contributed by atoms with van der Waals surface area (Å²) in [5.74, 6) is 0. The van der Waals surface area contributed by atoms with Crippen LogP contribution in [0.15, 0.2) is 12.4 Å². The number of sulfonamides is 1. The first-order valence-corrected chi connectivity index (χ1v) is 7.30. The van der Waals surface area contributed by atoms with E-state index in [4.69, 9.17) is 9.88 Å². The molecule has 1 heterocycles. The van der Waals surface area contributed by atoms with Crippen LogP contribution in [0.25, 0.3) is 0 Å². The van der Waals surface area contributed by atoms with Crippen molar-refractivity contribution in [3.63, 3.8) is 0 Å². The van der Waals surface area contributed by atoms with Gasteiger partial charge in [0.2, 0.25) is 10.0 Å². The molecule has 0 saturated carbocycles. The maximum absolute atomic E-state index is 11.5. The number of hydrogen-bond acceptors (Lipinski definition) is 5. The minimum atomic E-state index is -3.66. The Labute approximate surface area is 108 Å². The molecule has 0 bridgehead atoms. The largest absolute Gasteiger partial charge is 0.377 e. The van der Waals surface area contributed by atoms with Crippen LogP contribution >= 0.6 is 0 Å². The predicted octanol–water partition coefficient (Wildman–Crippen LogP) is 0.410. The predicted molar refractivity (Wildman–Crippen MR) is 68.5 cm³/mol. The molecule has 0 aliphatic carbocycles. The number of nitrogens with two attached hydrogens (primary N) is 1. The molecule has 0 amide bonds. The first-order valence-electron chi connectivity index (χ1n) is 5.69. The summed E-state index contributed by atoms with van der Waals surface area (Å²) in [6, 6.07) is 0. The van der Waals surface area contributed by atoms with Gasteiger partial charge in [-0.3, -0.25) is 9.97 Å². The number of nitrogens with zero attached hydrogens (tertiary/aromatic N) is 2. The number of primary sulfonamides is 1. The minimum absolute atomic E-state index is 0.0432. The van der Waals surface area contributed by atoms with Crippen LogP contribution in [0.1, 0.15) is 25.2 Å². The second-order valence-electron chi connectivity index (χ2n) is 4.45. The van der Waals surface area contributed by atoms with E-state index in [9.17, 15) is 8.42 Å². The van der Waals surface area contributed by atoms with Crippen molar-refractivity contribution in [2.45, 2.75) is 38.5 Å². The molecule has 6 nitrogen and oxygen atoms in total. The Morgan fingerprint density at radius 3 is 2.44 bits per heavy atom. The van der Waals surface area contributed by atoms with E-state index in [1.807, 2.05) is 20.8 Å². The van der Waals surface area contributed by atoms with Crippen molar-refractivity contribution in [1.29, 1.82) is 0 Å². The van der Waals surface area contributed by atoms with E-state index in [1.165, 1.54) is 0 Å². The number of rotatable bonds is 6. The van der Waals surface area contributed by atoms with E-state index in [2.05, 4.69) is 9.97 Å². The summed E-state index contributed by atoms with van der Waals surface area (Å²) in [6.07, 6.45) is 3.32. The van der Waals surface area contributed by atoms with Crippen LogP contribution in [0, 0.1) is 6.92 Å². The highest BCUT2D eigenvalue weighted by molar-refractivity contribution is 7.89. The Bertz CT molecular complexity index is 471. The smallest absolute Gasteiger partial charge is 0.214 e. The number of aromatic nitrogens is 2.